The molecular formula is C21H19N3O5S. The van der Waals surface area contributed by atoms with Crippen molar-refractivity contribution in [1.82, 2.24) is 4.72 Å². The standard InChI is InChI=1S/C21H19N3O5S/c22-21(26)16-6-8-17(9-7-16)24-20(25)12-5-15-3-10-19(11-4-15)30(27,28)23-14-18-2-1-13-29-18/h1-13,23H,14H2,(H2,22,26)(H,24,25). The number of carbonyl (C=O) groups excluding carboxylic acids is 2. The summed E-state index contributed by atoms with van der Waals surface area (Å²) in [7, 11) is -3.68. The number of amides is 2. The van der Waals surface area contributed by atoms with Gasteiger partial charge in [-0.15, -0.1) is 0 Å². The fourth-order valence-electron chi connectivity index (χ4n) is 2.49. The lowest BCUT2D eigenvalue weighted by Crippen LogP contribution is -2.22. The summed E-state index contributed by atoms with van der Waals surface area (Å²) in [5, 5.41) is 2.65. The molecule has 0 saturated heterocycles. The Kier molecular flexibility index (Phi) is 6.45. The molecule has 2 aromatic carbocycles. The summed E-state index contributed by atoms with van der Waals surface area (Å²) in [6, 6.07) is 15.6. The van der Waals surface area contributed by atoms with E-state index in [4.69, 9.17) is 10.2 Å². The third kappa shape index (κ3) is 5.66. The highest BCUT2D eigenvalue weighted by molar-refractivity contribution is 7.89. The molecule has 3 aromatic rings. The molecule has 8 nitrogen and oxygen atoms in total. The van der Waals surface area contributed by atoms with Crippen molar-refractivity contribution in [3.8, 4) is 0 Å². The first kappa shape index (κ1) is 21.0. The van der Waals surface area contributed by atoms with E-state index in [0.717, 1.165) is 0 Å². The number of anilines is 1. The summed E-state index contributed by atoms with van der Waals surface area (Å²) in [5.74, 6) is -0.415. The second-order valence-electron chi connectivity index (χ2n) is 6.24. The molecule has 0 aliphatic carbocycles. The van der Waals surface area contributed by atoms with Crippen molar-refractivity contribution in [3.05, 3.63) is 89.9 Å². The van der Waals surface area contributed by atoms with Gasteiger partial charge in [-0.2, -0.15) is 0 Å². The normalized spacial score (nSPS) is 11.5. The average Bonchev–Trinajstić information content (AvgIpc) is 3.25. The predicted molar refractivity (Wildman–Crippen MR) is 112 cm³/mol. The number of rotatable bonds is 8. The van der Waals surface area contributed by atoms with Crippen molar-refractivity contribution in [2.45, 2.75) is 11.4 Å². The Morgan fingerprint density at radius 3 is 2.30 bits per heavy atom. The lowest BCUT2D eigenvalue weighted by Gasteiger charge is -2.06. The summed E-state index contributed by atoms with van der Waals surface area (Å²) >= 11 is 0. The predicted octanol–water partition coefficient (Wildman–Crippen LogP) is 2.51. The number of nitrogens with two attached hydrogens (primary N) is 1. The molecule has 0 spiro atoms. The molecule has 0 radical (unpaired) electrons. The Hall–Kier alpha value is -3.69. The number of nitrogens with one attached hydrogen (secondary N) is 2. The molecule has 1 aromatic heterocycles. The van der Waals surface area contributed by atoms with Gasteiger partial charge < -0.3 is 15.5 Å². The number of benzene rings is 2. The Bertz CT molecular complexity index is 1150. The number of primary amides is 1. The molecular weight excluding hydrogens is 406 g/mol. The lowest BCUT2D eigenvalue weighted by molar-refractivity contribution is -0.111. The van der Waals surface area contributed by atoms with Gasteiger partial charge in [-0.05, 0) is 60.2 Å². The van der Waals surface area contributed by atoms with Crippen LogP contribution in [-0.2, 0) is 21.4 Å². The highest BCUT2D eigenvalue weighted by Gasteiger charge is 2.14. The van der Waals surface area contributed by atoms with Crippen LogP contribution in [-0.4, -0.2) is 20.2 Å². The zero-order chi connectivity index (χ0) is 21.6. The SMILES string of the molecule is NC(=O)c1ccc(NC(=O)C=Cc2ccc(S(=O)(=O)NCc3ccco3)cc2)cc1. The van der Waals surface area contributed by atoms with Gasteiger partial charge in [0, 0.05) is 17.3 Å². The van der Waals surface area contributed by atoms with Crippen LogP contribution in [0.5, 0.6) is 0 Å². The van der Waals surface area contributed by atoms with Crippen LogP contribution in [0.2, 0.25) is 0 Å². The van der Waals surface area contributed by atoms with E-state index in [1.54, 1.807) is 42.5 Å². The molecule has 0 saturated carbocycles. The molecule has 1 heterocycles. The maximum atomic E-state index is 12.3. The van der Waals surface area contributed by atoms with Crippen molar-refractivity contribution in [3.63, 3.8) is 0 Å². The van der Waals surface area contributed by atoms with E-state index in [2.05, 4.69) is 10.0 Å². The summed E-state index contributed by atoms with van der Waals surface area (Å²) in [6.07, 6.45) is 4.34. The minimum atomic E-state index is -3.68. The van der Waals surface area contributed by atoms with Gasteiger partial charge in [-0.3, -0.25) is 9.59 Å². The fraction of sp³-hybridized carbons (Fsp3) is 0.0476. The molecule has 0 aliphatic rings. The second kappa shape index (κ2) is 9.21. The zero-order valence-corrected chi connectivity index (χ0v) is 16.6. The van der Waals surface area contributed by atoms with Crippen LogP contribution in [0.25, 0.3) is 6.08 Å². The third-order valence-corrected chi connectivity index (χ3v) is 5.49. The van der Waals surface area contributed by atoms with Gasteiger partial charge in [0.25, 0.3) is 0 Å². The van der Waals surface area contributed by atoms with Gasteiger partial charge in [-0.25, -0.2) is 13.1 Å². The summed E-state index contributed by atoms with van der Waals surface area (Å²) in [5.41, 5.74) is 6.68. The van der Waals surface area contributed by atoms with Gasteiger partial charge in [-0.1, -0.05) is 12.1 Å². The van der Waals surface area contributed by atoms with E-state index >= 15 is 0 Å². The topological polar surface area (TPSA) is 132 Å². The molecule has 4 N–H and O–H groups in total. The highest BCUT2D eigenvalue weighted by Crippen LogP contribution is 2.13. The van der Waals surface area contributed by atoms with E-state index in [0.29, 0.717) is 22.6 Å². The molecule has 30 heavy (non-hydrogen) atoms. The molecule has 154 valence electrons. The summed E-state index contributed by atoms with van der Waals surface area (Å²) in [4.78, 5) is 23.2. The number of hydrogen-bond donors (Lipinski definition) is 3. The largest absolute Gasteiger partial charge is 0.468 e. The van der Waals surface area contributed by atoms with Crippen LogP contribution >= 0.6 is 0 Å². The number of sulfonamides is 1. The van der Waals surface area contributed by atoms with Crippen molar-refractivity contribution < 1.29 is 22.4 Å². The van der Waals surface area contributed by atoms with Crippen LogP contribution in [0, 0.1) is 0 Å². The molecule has 0 atom stereocenters. The van der Waals surface area contributed by atoms with Crippen LogP contribution in [0.15, 0.2) is 82.3 Å². The van der Waals surface area contributed by atoms with Crippen LogP contribution in [0.4, 0.5) is 5.69 Å². The lowest BCUT2D eigenvalue weighted by atomic mass is 10.2. The molecule has 0 aliphatic heterocycles. The van der Waals surface area contributed by atoms with E-state index in [9.17, 15) is 18.0 Å². The van der Waals surface area contributed by atoms with Gasteiger partial charge in [0.2, 0.25) is 21.8 Å². The Labute approximate surface area is 173 Å². The van der Waals surface area contributed by atoms with Gasteiger partial charge >= 0.3 is 0 Å². The maximum absolute atomic E-state index is 12.3. The van der Waals surface area contributed by atoms with Crippen molar-refractivity contribution in [1.29, 1.82) is 0 Å². The van der Waals surface area contributed by atoms with Crippen molar-refractivity contribution >= 4 is 33.6 Å². The zero-order valence-electron chi connectivity index (χ0n) is 15.7. The third-order valence-electron chi connectivity index (χ3n) is 4.07. The quantitative estimate of drug-likeness (QED) is 0.477. The highest BCUT2D eigenvalue weighted by atomic mass is 32.2. The number of furan rings is 1. The second-order valence-corrected chi connectivity index (χ2v) is 8.00. The minimum absolute atomic E-state index is 0.0532. The summed E-state index contributed by atoms with van der Waals surface area (Å²) in [6.45, 7) is 0.0532. The smallest absolute Gasteiger partial charge is 0.248 e. The first-order valence-corrected chi connectivity index (χ1v) is 10.3. The fourth-order valence-corrected chi connectivity index (χ4v) is 3.49. The van der Waals surface area contributed by atoms with E-state index in [1.165, 1.54) is 36.6 Å². The molecule has 9 heteroatoms. The van der Waals surface area contributed by atoms with Crippen molar-refractivity contribution in [2.75, 3.05) is 5.32 Å². The summed E-state index contributed by atoms with van der Waals surface area (Å²) < 4.78 is 32.2. The Morgan fingerprint density at radius 2 is 1.70 bits per heavy atom. The Morgan fingerprint density at radius 1 is 1.00 bits per heavy atom. The molecule has 2 amide bonds. The van der Waals surface area contributed by atoms with Crippen LogP contribution in [0.3, 0.4) is 0 Å². The number of hydrogen-bond acceptors (Lipinski definition) is 5. The Balaban J connectivity index is 1.58. The molecule has 3 rings (SSSR count). The maximum Gasteiger partial charge on any atom is 0.248 e. The van der Waals surface area contributed by atoms with Gasteiger partial charge in [0.05, 0.1) is 17.7 Å². The first-order valence-electron chi connectivity index (χ1n) is 8.84. The molecule has 0 fully saturated rings. The first-order chi connectivity index (χ1) is 14.3. The van der Waals surface area contributed by atoms with Crippen molar-refractivity contribution in [2.24, 2.45) is 5.73 Å². The van der Waals surface area contributed by atoms with E-state index in [-0.39, 0.29) is 17.3 Å². The van der Waals surface area contributed by atoms with E-state index < -0.39 is 15.9 Å². The molecule has 0 bridgehead atoms. The van der Waals surface area contributed by atoms with E-state index in [1.807, 2.05) is 0 Å². The minimum Gasteiger partial charge on any atom is -0.468 e. The monoisotopic (exact) mass is 425 g/mol. The van der Waals surface area contributed by atoms with Gasteiger partial charge in [0.15, 0.2) is 0 Å². The molecule has 0 unspecified atom stereocenters. The average molecular weight is 425 g/mol. The van der Waals surface area contributed by atoms with Gasteiger partial charge in [0.1, 0.15) is 5.76 Å². The van der Waals surface area contributed by atoms with Crippen LogP contribution in [0.1, 0.15) is 21.7 Å². The van der Waals surface area contributed by atoms with Crippen LogP contribution < -0.4 is 15.8 Å². The number of carbonyl (C=O) groups is 2.